The van der Waals surface area contributed by atoms with Crippen LogP contribution in [0.1, 0.15) is 0 Å². The highest BCUT2D eigenvalue weighted by Crippen LogP contribution is 2.45. The summed E-state index contributed by atoms with van der Waals surface area (Å²) in [5.74, 6) is 0. The van der Waals surface area contributed by atoms with Gasteiger partial charge in [0, 0.05) is 22.1 Å². The zero-order valence-electron chi connectivity index (χ0n) is 16.5. The molecule has 0 aliphatic carbocycles. The van der Waals surface area contributed by atoms with Gasteiger partial charge in [0.25, 0.3) is 0 Å². The van der Waals surface area contributed by atoms with Gasteiger partial charge in [-0.15, -0.1) is 22.7 Å². The Bertz CT molecular complexity index is 1650. The molecule has 6 heteroatoms. The summed E-state index contributed by atoms with van der Waals surface area (Å²) in [6.07, 6.45) is 0. The molecule has 2 nitrogen and oxygen atoms in total. The van der Waals surface area contributed by atoms with Crippen molar-refractivity contribution < 1.29 is 0 Å². The van der Waals surface area contributed by atoms with Crippen molar-refractivity contribution in [1.82, 2.24) is 9.13 Å². The summed E-state index contributed by atoms with van der Waals surface area (Å²) in [5, 5.41) is 2.57. The topological polar surface area (TPSA) is 9.86 Å². The molecule has 7 rings (SSSR count). The number of aromatic nitrogens is 2. The van der Waals surface area contributed by atoms with Crippen LogP contribution >= 0.6 is 54.5 Å². The minimum atomic E-state index is 1.15. The van der Waals surface area contributed by atoms with Crippen LogP contribution in [0.25, 0.3) is 53.6 Å². The lowest BCUT2D eigenvalue weighted by atomic mass is 10.2. The molecule has 4 heterocycles. The quantitative estimate of drug-likeness (QED) is 0.193. The maximum Gasteiger partial charge on any atom is 0.0726 e. The minimum Gasteiger partial charge on any atom is -0.308 e. The number of hydrogen-bond acceptors (Lipinski definition) is 2. The maximum atomic E-state index is 3.72. The molecule has 7 aromatic rings. The van der Waals surface area contributed by atoms with Gasteiger partial charge < -0.3 is 9.13 Å². The smallest absolute Gasteiger partial charge is 0.0726 e. The Kier molecular flexibility index (Phi) is 4.22. The first-order valence-electron chi connectivity index (χ1n) is 10.2. The lowest BCUT2D eigenvalue weighted by molar-refractivity contribution is 1.18. The Morgan fingerprint density at radius 3 is 1.31 bits per heavy atom. The van der Waals surface area contributed by atoms with Crippen LogP contribution in [-0.2, 0) is 0 Å². The molecule has 4 aromatic heterocycles. The van der Waals surface area contributed by atoms with Gasteiger partial charge in [-0.1, -0.05) is 36.4 Å². The molecule has 0 unspecified atom stereocenters. The third kappa shape index (κ3) is 2.67. The van der Waals surface area contributed by atoms with Crippen LogP contribution in [0.5, 0.6) is 0 Å². The van der Waals surface area contributed by atoms with Crippen molar-refractivity contribution in [2.24, 2.45) is 0 Å². The van der Waals surface area contributed by atoms with Crippen molar-refractivity contribution in [2.75, 3.05) is 0 Å². The number of rotatable bonds is 2. The fourth-order valence-electron chi connectivity index (χ4n) is 4.70. The van der Waals surface area contributed by atoms with Crippen LogP contribution < -0.4 is 0 Å². The fraction of sp³-hybridized carbons (Fsp3) is 0. The van der Waals surface area contributed by atoms with Crippen LogP contribution in [0, 0.1) is 0 Å². The number of fused-ring (bicyclic) bond motifs is 6. The van der Waals surface area contributed by atoms with E-state index in [1.165, 1.54) is 53.6 Å². The molecule has 0 saturated carbocycles. The van der Waals surface area contributed by atoms with Crippen LogP contribution in [0.2, 0.25) is 0 Å². The molecule has 0 radical (unpaired) electrons. The van der Waals surface area contributed by atoms with Crippen LogP contribution in [0.15, 0.2) is 92.5 Å². The van der Waals surface area contributed by atoms with E-state index >= 15 is 0 Å². The van der Waals surface area contributed by atoms with Gasteiger partial charge in [-0.05, 0) is 80.4 Å². The van der Waals surface area contributed by atoms with Gasteiger partial charge in [0.2, 0.25) is 0 Å². The van der Waals surface area contributed by atoms with Crippen LogP contribution in [0.3, 0.4) is 0 Å². The first-order chi connectivity index (χ1) is 15.7. The predicted octanol–water partition coefficient (Wildman–Crippen LogP) is 9.53. The fourth-order valence-corrected chi connectivity index (χ4v) is 7.90. The van der Waals surface area contributed by atoms with E-state index < -0.39 is 0 Å². The Balaban J connectivity index is 1.69. The Morgan fingerprint density at radius 1 is 0.500 bits per heavy atom. The summed E-state index contributed by atoms with van der Waals surface area (Å²) in [5.41, 5.74) is 7.34. The third-order valence-electron chi connectivity index (χ3n) is 5.96. The van der Waals surface area contributed by atoms with E-state index in [0.29, 0.717) is 0 Å². The second-order valence-electron chi connectivity index (χ2n) is 7.76. The summed E-state index contributed by atoms with van der Waals surface area (Å²) in [7, 11) is 0. The van der Waals surface area contributed by atoms with E-state index in [4.69, 9.17) is 0 Å². The zero-order chi connectivity index (χ0) is 21.4. The minimum absolute atomic E-state index is 1.15. The molecule has 0 atom stereocenters. The standard InChI is InChI=1S/C26H14Br2N2S2/c27-23-13-21-25(31-23)17-12-20-18(11-19(17)29(21)15-7-3-1-4-8-15)26-22(14-24(28)32-26)30(20)16-9-5-2-6-10-16/h1-14H. The van der Waals surface area contributed by atoms with Crippen molar-refractivity contribution in [3.8, 4) is 11.4 Å². The number of hydrogen-bond donors (Lipinski definition) is 0. The summed E-state index contributed by atoms with van der Waals surface area (Å²) >= 11 is 11.0. The van der Waals surface area contributed by atoms with Crippen molar-refractivity contribution in [3.63, 3.8) is 0 Å². The molecule has 3 aromatic carbocycles. The Morgan fingerprint density at radius 2 is 0.906 bits per heavy atom. The van der Waals surface area contributed by atoms with Gasteiger partial charge in [-0.2, -0.15) is 0 Å². The molecule has 0 N–H and O–H groups in total. The zero-order valence-corrected chi connectivity index (χ0v) is 21.4. The predicted molar refractivity (Wildman–Crippen MR) is 146 cm³/mol. The highest BCUT2D eigenvalue weighted by Gasteiger charge is 2.21. The second-order valence-corrected chi connectivity index (χ2v) is 12.6. The van der Waals surface area contributed by atoms with Crippen molar-refractivity contribution >= 4 is 96.8 Å². The maximum absolute atomic E-state index is 3.72. The van der Waals surface area contributed by atoms with Crippen molar-refractivity contribution in [1.29, 1.82) is 0 Å². The molecule has 154 valence electrons. The van der Waals surface area contributed by atoms with Crippen LogP contribution in [-0.4, -0.2) is 9.13 Å². The largest absolute Gasteiger partial charge is 0.308 e. The van der Waals surface area contributed by atoms with Gasteiger partial charge in [0.15, 0.2) is 0 Å². The van der Waals surface area contributed by atoms with E-state index in [0.717, 1.165) is 7.57 Å². The lowest BCUT2D eigenvalue weighted by Crippen LogP contribution is -1.94. The summed E-state index contributed by atoms with van der Waals surface area (Å²) in [6.45, 7) is 0. The Hall–Kier alpha value is -2.38. The molecule has 0 fully saturated rings. The SMILES string of the molecule is Brc1cc2c(s1)c1cc3c(cc1n2-c1ccccc1)c1sc(Br)cc1n3-c1ccccc1. The first kappa shape index (κ1) is 19.1. The van der Waals surface area contributed by atoms with E-state index in [9.17, 15) is 0 Å². The normalized spacial score (nSPS) is 12.1. The van der Waals surface area contributed by atoms with E-state index in [1.807, 2.05) is 0 Å². The number of benzene rings is 3. The average Bonchev–Trinajstić information content (AvgIpc) is 3.51. The molecule has 0 bridgehead atoms. The van der Waals surface area contributed by atoms with Gasteiger partial charge >= 0.3 is 0 Å². The van der Waals surface area contributed by atoms with E-state index in [-0.39, 0.29) is 0 Å². The summed E-state index contributed by atoms with van der Waals surface area (Å²) < 4.78 is 9.69. The molecule has 0 saturated heterocycles. The highest BCUT2D eigenvalue weighted by atomic mass is 79.9. The molecular weight excluding hydrogens is 564 g/mol. The Labute approximate surface area is 208 Å². The van der Waals surface area contributed by atoms with Crippen molar-refractivity contribution in [2.45, 2.75) is 0 Å². The van der Waals surface area contributed by atoms with Gasteiger partial charge in [-0.3, -0.25) is 0 Å². The molecular formula is C26H14Br2N2S2. The van der Waals surface area contributed by atoms with Gasteiger partial charge in [-0.25, -0.2) is 0 Å². The third-order valence-corrected chi connectivity index (χ3v) is 9.28. The molecule has 0 aliphatic rings. The number of nitrogens with zero attached hydrogens (tertiary/aromatic N) is 2. The summed E-state index contributed by atoms with van der Waals surface area (Å²) in [6, 6.07) is 30.5. The van der Waals surface area contributed by atoms with E-state index in [2.05, 4.69) is 126 Å². The highest BCUT2D eigenvalue weighted by molar-refractivity contribution is 9.11. The van der Waals surface area contributed by atoms with Crippen molar-refractivity contribution in [3.05, 3.63) is 92.5 Å². The molecule has 0 amide bonds. The summed E-state index contributed by atoms with van der Waals surface area (Å²) in [4.78, 5) is 0. The molecule has 32 heavy (non-hydrogen) atoms. The number of thiophene rings is 2. The van der Waals surface area contributed by atoms with Gasteiger partial charge in [0.1, 0.15) is 0 Å². The van der Waals surface area contributed by atoms with E-state index in [1.54, 1.807) is 22.7 Å². The second kappa shape index (κ2) is 7.06. The first-order valence-corrected chi connectivity index (χ1v) is 13.4. The number of halogens is 2. The lowest BCUT2D eigenvalue weighted by Gasteiger charge is -2.09. The van der Waals surface area contributed by atoms with Gasteiger partial charge in [0.05, 0.1) is 39.0 Å². The van der Waals surface area contributed by atoms with Crippen LogP contribution in [0.4, 0.5) is 0 Å². The average molecular weight is 578 g/mol. The number of para-hydroxylation sites is 2. The molecule has 0 aliphatic heterocycles. The molecule has 0 spiro atoms. The monoisotopic (exact) mass is 576 g/mol.